The monoisotopic (exact) mass is 312 g/mol. The van der Waals surface area contributed by atoms with Crippen LogP contribution in [0.3, 0.4) is 0 Å². The van der Waals surface area contributed by atoms with Crippen LogP contribution in [0.25, 0.3) is 0 Å². The number of carbonyl (C=O) groups excluding carboxylic acids is 2. The van der Waals surface area contributed by atoms with E-state index < -0.39 is 11.5 Å². The number of hydrogen-bond donors (Lipinski definition) is 1. The Bertz CT molecular complexity index is 797. The molecule has 0 bridgehead atoms. The number of esters is 1. The van der Waals surface area contributed by atoms with Gasteiger partial charge in [-0.2, -0.15) is 0 Å². The van der Waals surface area contributed by atoms with Crippen LogP contribution in [-0.4, -0.2) is 34.9 Å². The van der Waals surface area contributed by atoms with E-state index in [0.717, 1.165) is 12.0 Å². The van der Waals surface area contributed by atoms with Crippen molar-refractivity contribution < 1.29 is 14.3 Å². The van der Waals surface area contributed by atoms with Crippen LogP contribution < -0.4 is 5.56 Å². The van der Waals surface area contributed by atoms with Crippen molar-refractivity contribution in [3.8, 4) is 0 Å². The van der Waals surface area contributed by atoms with E-state index in [1.807, 2.05) is 18.2 Å². The topological polar surface area (TPSA) is 79.5 Å². The quantitative estimate of drug-likeness (QED) is 0.861. The zero-order valence-corrected chi connectivity index (χ0v) is 12.5. The Hall–Kier alpha value is -2.89. The van der Waals surface area contributed by atoms with Gasteiger partial charge in [-0.3, -0.25) is 9.59 Å². The van der Waals surface area contributed by atoms with Crippen molar-refractivity contribution in [1.29, 1.82) is 0 Å². The number of fused-ring (bicyclic) bond motifs is 1. The first-order valence-corrected chi connectivity index (χ1v) is 7.34. The zero-order valence-electron chi connectivity index (χ0n) is 12.5. The number of amides is 1. The van der Waals surface area contributed by atoms with Crippen molar-refractivity contribution in [2.24, 2.45) is 0 Å². The minimum atomic E-state index is -0.794. The Morgan fingerprint density at radius 1 is 1.13 bits per heavy atom. The largest absolute Gasteiger partial charge is 0.452 e. The lowest BCUT2D eigenvalue weighted by atomic mass is 10.00. The maximum absolute atomic E-state index is 12.2. The third-order valence-corrected chi connectivity index (χ3v) is 3.85. The van der Waals surface area contributed by atoms with Crippen molar-refractivity contribution in [1.82, 2.24) is 9.88 Å². The fraction of sp³-hybridized carbons (Fsp3) is 0.235. The molecule has 1 N–H and O–H groups in total. The molecule has 1 aliphatic heterocycles. The van der Waals surface area contributed by atoms with E-state index in [1.54, 1.807) is 4.90 Å². The van der Waals surface area contributed by atoms with Gasteiger partial charge in [-0.25, -0.2) is 4.79 Å². The second kappa shape index (κ2) is 6.48. The van der Waals surface area contributed by atoms with E-state index in [1.165, 1.54) is 23.9 Å². The summed E-state index contributed by atoms with van der Waals surface area (Å²) in [6, 6.07) is 10.9. The van der Waals surface area contributed by atoms with Gasteiger partial charge in [0.25, 0.3) is 11.5 Å². The van der Waals surface area contributed by atoms with Crippen LogP contribution in [0, 0.1) is 0 Å². The van der Waals surface area contributed by atoms with E-state index >= 15 is 0 Å². The molecule has 0 atom stereocenters. The normalized spacial score (nSPS) is 13.3. The van der Waals surface area contributed by atoms with Crippen molar-refractivity contribution in [2.75, 3.05) is 13.2 Å². The highest BCUT2D eigenvalue weighted by Gasteiger charge is 2.22. The summed E-state index contributed by atoms with van der Waals surface area (Å²) >= 11 is 0. The lowest BCUT2D eigenvalue weighted by Gasteiger charge is -2.28. The minimum Gasteiger partial charge on any atom is -0.452 e. The molecule has 0 radical (unpaired) electrons. The summed E-state index contributed by atoms with van der Waals surface area (Å²) in [7, 11) is 0. The third-order valence-electron chi connectivity index (χ3n) is 3.85. The highest BCUT2D eigenvalue weighted by molar-refractivity contribution is 5.90. The molecule has 6 nitrogen and oxygen atoms in total. The number of H-pyrrole nitrogens is 1. The Kier molecular flexibility index (Phi) is 4.23. The zero-order chi connectivity index (χ0) is 16.2. The summed E-state index contributed by atoms with van der Waals surface area (Å²) in [5.41, 5.74) is 1.71. The SMILES string of the molecule is O=C(OCC(=O)N1CCc2ccccc2C1)c1ccc[nH]c1=O. The van der Waals surface area contributed by atoms with Crippen LogP contribution in [0.15, 0.2) is 47.4 Å². The Morgan fingerprint density at radius 2 is 1.91 bits per heavy atom. The van der Waals surface area contributed by atoms with E-state index in [2.05, 4.69) is 11.1 Å². The van der Waals surface area contributed by atoms with Crippen LogP contribution >= 0.6 is 0 Å². The van der Waals surface area contributed by atoms with Gasteiger partial charge in [-0.05, 0) is 29.7 Å². The summed E-state index contributed by atoms with van der Waals surface area (Å²) in [5.74, 6) is -1.06. The number of hydrogen-bond acceptors (Lipinski definition) is 4. The minimum absolute atomic E-state index is 0.107. The first-order chi connectivity index (χ1) is 11.1. The molecule has 1 aliphatic rings. The van der Waals surface area contributed by atoms with Gasteiger partial charge in [0, 0.05) is 19.3 Å². The van der Waals surface area contributed by atoms with Gasteiger partial charge in [0.2, 0.25) is 0 Å². The van der Waals surface area contributed by atoms with Gasteiger partial charge in [-0.1, -0.05) is 24.3 Å². The van der Waals surface area contributed by atoms with Gasteiger partial charge in [-0.15, -0.1) is 0 Å². The standard InChI is InChI=1S/C17H16N2O4/c20-15(11-23-17(22)14-6-3-8-18-16(14)21)19-9-7-12-4-1-2-5-13(12)10-19/h1-6,8H,7,9-11H2,(H,18,21). The lowest BCUT2D eigenvalue weighted by molar-refractivity contribution is -0.135. The number of benzene rings is 1. The summed E-state index contributed by atoms with van der Waals surface area (Å²) in [6.45, 7) is 0.743. The molecule has 2 aromatic rings. The van der Waals surface area contributed by atoms with Gasteiger partial charge >= 0.3 is 5.97 Å². The summed E-state index contributed by atoms with van der Waals surface area (Å²) in [6.07, 6.45) is 2.21. The van der Waals surface area contributed by atoms with E-state index in [9.17, 15) is 14.4 Å². The number of carbonyl (C=O) groups is 2. The van der Waals surface area contributed by atoms with E-state index in [-0.39, 0.29) is 18.1 Å². The molecule has 1 aromatic carbocycles. The maximum atomic E-state index is 12.2. The molecule has 0 unspecified atom stereocenters. The molecule has 3 rings (SSSR count). The number of rotatable bonds is 3. The molecule has 1 aromatic heterocycles. The second-order valence-electron chi connectivity index (χ2n) is 5.32. The van der Waals surface area contributed by atoms with Gasteiger partial charge < -0.3 is 14.6 Å². The number of ether oxygens (including phenoxy) is 1. The molecule has 0 saturated heterocycles. The second-order valence-corrected chi connectivity index (χ2v) is 5.32. The summed E-state index contributed by atoms with van der Waals surface area (Å²) in [5, 5.41) is 0. The van der Waals surface area contributed by atoms with E-state index in [4.69, 9.17) is 4.74 Å². The summed E-state index contributed by atoms with van der Waals surface area (Å²) in [4.78, 5) is 39.6. The molecular formula is C17H16N2O4. The number of pyridine rings is 1. The molecule has 6 heteroatoms. The number of aromatic nitrogens is 1. The molecule has 118 valence electrons. The van der Waals surface area contributed by atoms with Crippen LogP contribution in [0.5, 0.6) is 0 Å². The average molecular weight is 312 g/mol. The maximum Gasteiger partial charge on any atom is 0.344 e. The van der Waals surface area contributed by atoms with Crippen LogP contribution in [0.2, 0.25) is 0 Å². The first kappa shape index (κ1) is 15.0. The molecule has 23 heavy (non-hydrogen) atoms. The molecule has 0 saturated carbocycles. The molecule has 2 heterocycles. The smallest absolute Gasteiger partial charge is 0.344 e. The van der Waals surface area contributed by atoms with Crippen LogP contribution in [0.1, 0.15) is 21.5 Å². The fourth-order valence-electron chi connectivity index (χ4n) is 2.59. The molecule has 1 amide bonds. The number of aromatic amines is 1. The van der Waals surface area contributed by atoms with Gasteiger partial charge in [0.05, 0.1) is 0 Å². The predicted octanol–water partition coefficient (Wildman–Crippen LogP) is 1.12. The van der Waals surface area contributed by atoms with Crippen molar-refractivity contribution in [2.45, 2.75) is 13.0 Å². The Labute approximate surface area is 132 Å². The highest BCUT2D eigenvalue weighted by Crippen LogP contribution is 2.18. The van der Waals surface area contributed by atoms with Crippen molar-refractivity contribution >= 4 is 11.9 Å². The highest BCUT2D eigenvalue weighted by atomic mass is 16.5. The van der Waals surface area contributed by atoms with Crippen molar-refractivity contribution in [3.05, 3.63) is 69.6 Å². The van der Waals surface area contributed by atoms with Gasteiger partial charge in [0.1, 0.15) is 5.56 Å². The van der Waals surface area contributed by atoms with Gasteiger partial charge in [0.15, 0.2) is 6.61 Å². The first-order valence-electron chi connectivity index (χ1n) is 7.34. The predicted molar refractivity (Wildman–Crippen MR) is 82.9 cm³/mol. The number of nitrogens with zero attached hydrogens (tertiary/aromatic N) is 1. The average Bonchev–Trinajstić information content (AvgIpc) is 2.59. The Balaban J connectivity index is 1.59. The molecule has 0 fully saturated rings. The summed E-state index contributed by atoms with van der Waals surface area (Å²) < 4.78 is 4.96. The van der Waals surface area contributed by atoms with E-state index in [0.29, 0.717) is 13.1 Å². The van der Waals surface area contributed by atoms with Crippen LogP contribution in [0.4, 0.5) is 0 Å². The third kappa shape index (κ3) is 3.31. The molecular weight excluding hydrogens is 296 g/mol. The van der Waals surface area contributed by atoms with Crippen molar-refractivity contribution in [3.63, 3.8) is 0 Å². The molecule has 0 spiro atoms. The fourth-order valence-corrected chi connectivity index (χ4v) is 2.59. The van der Waals surface area contributed by atoms with Crippen LogP contribution in [-0.2, 0) is 22.5 Å². The lowest BCUT2D eigenvalue weighted by Crippen LogP contribution is -2.38. The number of nitrogens with one attached hydrogen (secondary N) is 1. The Morgan fingerprint density at radius 3 is 2.70 bits per heavy atom. The molecule has 0 aliphatic carbocycles.